The van der Waals surface area contributed by atoms with Crippen molar-refractivity contribution in [1.82, 2.24) is 29.4 Å². The van der Waals surface area contributed by atoms with Gasteiger partial charge in [0.05, 0.1) is 0 Å². The molecule has 7 heteroatoms. The predicted octanol–water partition coefficient (Wildman–Crippen LogP) is 2.42. The van der Waals surface area contributed by atoms with Crippen molar-refractivity contribution in [3.63, 3.8) is 0 Å². The fourth-order valence-corrected chi connectivity index (χ4v) is 3.00. The normalized spacial score (nSPS) is 11.3. The quantitative estimate of drug-likeness (QED) is 0.612. The molecule has 3 rings (SSSR count). The molecule has 0 aliphatic rings. The van der Waals surface area contributed by atoms with E-state index in [2.05, 4.69) is 33.8 Å². The SMILES string of the molecule is CCN(CC)CCN(Cc1ccccc1)C(=O)c1nc2nccc(C)n2n1. The minimum atomic E-state index is -0.170. The summed E-state index contributed by atoms with van der Waals surface area (Å²) in [5.74, 6) is 0.463. The standard InChI is InChI=1S/C20H26N6O/c1-4-24(5-2)13-14-25(15-17-9-7-6-8-10-17)19(27)18-22-20-21-12-11-16(3)26(20)23-18/h6-12H,4-5,13-15H2,1-3H3. The summed E-state index contributed by atoms with van der Waals surface area (Å²) in [6.45, 7) is 10.1. The van der Waals surface area contributed by atoms with E-state index < -0.39 is 0 Å². The van der Waals surface area contributed by atoms with Crippen molar-refractivity contribution in [3.8, 4) is 0 Å². The fourth-order valence-electron chi connectivity index (χ4n) is 3.00. The Kier molecular flexibility index (Phi) is 6.13. The third-order valence-corrected chi connectivity index (χ3v) is 4.71. The van der Waals surface area contributed by atoms with Gasteiger partial charge in [-0.25, -0.2) is 9.50 Å². The molecule has 142 valence electrons. The van der Waals surface area contributed by atoms with Gasteiger partial charge >= 0.3 is 0 Å². The molecule has 0 aliphatic carbocycles. The zero-order valence-electron chi connectivity index (χ0n) is 16.2. The first-order valence-corrected chi connectivity index (χ1v) is 9.36. The van der Waals surface area contributed by atoms with E-state index in [9.17, 15) is 4.79 Å². The number of fused-ring (bicyclic) bond motifs is 1. The zero-order chi connectivity index (χ0) is 19.2. The number of hydrogen-bond acceptors (Lipinski definition) is 5. The van der Waals surface area contributed by atoms with Crippen LogP contribution in [0.1, 0.15) is 35.7 Å². The van der Waals surface area contributed by atoms with Gasteiger partial charge in [0, 0.05) is 31.5 Å². The molecule has 3 aromatic rings. The van der Waals surface area contributed by atoms with Crippen LogP contribution in [0, 0.1) is 6.92 Å². The maximum Gasteiger partial charge on any atom is 0.293 e. The molecule has 0 saturated carbocycles. The van der Waals surface area contributed by atoms with E-state index in [1.807, 2.05) is 48.2 Å². The topological polar surface area (TPSA) is 66.6 Å². The summed E-state index contributed by atoms with van der Waals surface area (Å²) in [6.07, 6.45) is 1.68. The number of nitrogens with zero attached hydrogens (tertiary/aromatic N) is 6. The van der Waals surface area contributed by atoms with Gasteiger partial charge in [0.25, 0.3) is 11.7 Å². The number of aryl methyl sites for hydroxylation is 1. The summed E-state index contributed by atoms with van der Waals surface area (Å²) in [4.78, 5) is 25.8. The molecule has 2 aromatic heterocycles. The Balaban J connectivity index is 1.85. The largest absolute Gasteiger partial charge is 0.330 e. The maximum absolute atomic E-state index is 13.2. The molecule has 0 bridgehead atoms. The lowest BCUT2D eigenvalue weighted by molar-refractivity contribution is 0.0712. The summed E-state index contributed by atoms with van der Waals surface area (Å²) in [5.41, 5.74) is 1.98. The molecule has 1 amide bonds. The first kappa shape index (κ1) is 19.0. The Morgan fingerprint density at radius 2 is 1.81 bits per heavy atom. The van der Waals surface area contributed by atoms with Crippen LogP contribution >= 0.6 is 0 Å². The number of likely N-dealkylation sites (N-methyl/N-ethyl adjacent to an activating group) is 1. The van der Waals surface area contributed by atoms with Gasteiger partial charge in [-0.1, -0.05) is 44.2 Å². The van der Waals surface area contributed by atoms with Crippen molar-refractivity contribution in [1.29, 1.82) is 0 Å². The molecule has 0 atom stereocenters. The van der Waals surface area contributed by atoms with Crippen molar-refractivity contribution in [2.75, 3.05) is 26.2 Å². The van der Waals surface area contributed by atoms with E-state index in [-0.39, 0.29) is 11.7 Å². The van der Waals surface area contributed by atoms with Gasteiger partial charge in [-0.2, -0.15) is 4.98 Å². The lowest BCUT2D eigenvalue weighted by Gasteiger charge is -2.25. The molecule has 0 saturated heterocycles. The number of amides is 1. The van der Waals surface area contributed by atoms with Crippen molar-refractivity contribution < 1.29 is 4.79 Å². The van der Waals surface area contributed by atoms with Crippen molar-refractivity contribution >= 4 is 11.7 Å². The second-order valence-electron chi connectivity index (χ2n) is 6.47. The van der Waals surface area contributed by atoms with Gasteiger partial charge in [0.2, 0.25) is 5.82 Å². The van der Waals surface area contributed by atoms with E-state index in [1.54, 1.807) is 10.7 Å². The molecule has 27 heavy (non-hydrogen) atoms. The van der Waals surface area contributed by atoms with E-state index in [4.69, 9.17) is 0 Å². The highest BCUT2D eigenvalue weighted by Gasteiger charge is 2.22. The van der Waals surface area contributed by atoms with Crippen LogP contribution in [-0.4, -0.2) is 61.5 Å². The Morgan fingerprint density at radius 3 is 2.48 bits per heavy atom. The van der Waals surface area contributed by atoms with Gasteiger partial charge in [0.1, 0.15) is 0 Å². The maximum atomic E-state index is 13.2. The zero-order valence-corrected chi connectivity index (χ0v) is 16.2. The lowest BCUT2D eigenvalue weighted by Crippen LogP contribution is -2.38. The highest BCUT2D eigenvalue weighted by molar-refractivity contribution is 5.90. The number of carbonyl (C=O) groups is 1. The molecule has 0 N–H and O–H groups in total. The Morgan fingerprint density at radius 1 is 1.07 bits per heavy atom. The van der Waals surface area contributed by atoms with Crippen molar-refractivity contribution in [3.05, 3.63) is 59.7 Å². The highest BCUT2D eigenvalue weighted by atomic mass is 16.2. The summed E-state index contributed by atoms with van der Waals surface area (Å²) in [7, 11) is 0. The first-order chi connectivity index (χ1) is 13.1. The number of hydrogen-bond donors (Lipinski definition) is 0. The Bertz CT molecular complexity index is 888. The third-order valence-electron chi connectivity index (χ3n) is 4.71. The summed E-state index contributed by atoms with van der Waals surface area (Å²) < 4.78 is 1.61. The Labute approximate surface area is 159 Å². The molecular formula is C20H26N6O. The van der Waals surface area contributed by atoms with Crippen molar-refractivity contribution in [2.24, 2.45) is 0 Å². The molecular weight excluding hydrogens is 340 g/mol. The average Bonchev–Trinajstić information content (AvgIpc) is 3.14. The lowest BCUT2D eigenvalue weighted by atomic mass is 10.2. The average molecular weight is 366 g/mol. The number of aromatic nitrogens is 4. The van der Waals surface area contributed by atoms with Crippen LogP contribution in [-0.2, 0) is 6.54 Å². The van der Waals surface area contributed by atoms with E-state index >= 15 is 0 Å². The summed E-state index contributed by atoms with van der Waals surface area (Å²) in [6, 6.07) is 11.8. The van der Waals surface area contributed by atoms with Gasteiger partial charge in [-0.15, -0.1) is 5.10 Å². The minimum Gasteiger partial charge on any atom is -0.330 e. The minimum absolute atomic E-state index is 0.170. The monoisotopic (exact) mass is 366 g/mol. The molecule has 0 fully saturated rings. The van der Waals surface area contributed by atoms with Gasteiger partial charge in [-0.05, 0) is 31.6 Å². The van der Waals surface area contributed by atoms with E-state index in [0.717, 1.165) is 30.9 Å². The number of benzene rings is 1. The molecule has 0 radical (unpaired) electrons. The fraction of sp³-hybridized carbons (Fsp3) is 0.400. The highest BCUT2D eigenvalue weighted by Crippen LogP contribution is 2.10. The van der Waals surface area contributed by atoms with Gasteiger partial charge < -0.3 is 9.80 Å². The van der Waals surface area contributed by atoms with Crippen LogP contribution in [0.15, 0.2) is 42.6 Å². The van der Waals surface area contributed by atoms with Gasteiger partial charge in [-0.3, -0.25) is 4.79 Å². The molecule has 0 spiro atoms. The molecule has 0 aliphatic heterocycles. The van der Waals surface area contributed by atoms with E-state index in [0.29, 0.717) is 18.9 Å². The van der Waals surface area contributed by atoms with Crippen LogP contribution in [0.5, 0.6) is 0 Å². The summed E-state index contributed by atoms with van der Waals surface area (Å²) >= 11 is 0. The van der Waals surface area contributed by atoms with Crippen LogP contribution in [0.2, 0.25) is 0 Å². The second kappa shape index (κ2) is 8.73. The molecule has 2 heterocycles. The Hall–Kier alpha value is -2.80. The smallest absolute Gasteiger partial charge is 0.293 e. The summed E-state index contributed by atoms with van der Waals surface area (Å²) in [5, 5.41) is 4.38. The molecule has 0 unspecified atom stereocenters. The first-order valence-electron chi connectivity index (χ1n) is 9.36. The molecule has 7 nitrogen and oxygen atoms in total. The third kappa shape index (κ3) is 4.49. The van der Waals surface area contributed by atoms with Crippen LogP contribution in [0.4, 0.5) is 0 Å². The van der Waals surface area contributed by atoms with Crippen LogP contribution in [0.3, 0.4) is 0 Å². The second-order valence-corrected chi connectivity index (χ2v) is 6.47. The van der Waals surface area contributed by atoms with Crippen LogP contribution < -0.4 is 0 Å². The van der Waals surface area contributed by atoms with Crippen LogP contribution in [0.25, 0.3) is 5.78 Å². The predicted molar refractivity (Wildman–Crippen MR) is 104 cm³/mol. The van der Waals surface area contributed by atoms with Crippen molar-refractivity contribution in [2.45, 2.75) is 27.3 Å². The van der Waals surface area contributed by atoms with E-state index in [1.165, 1.54) is 0 Å². The van der Waals surface area contributed by atoms with Gasteiger partial charge in [0.15, 0.2) is 0 Å². The number of rotatable bonds is 8. The number of carbonyl (C=O) groups excluding carboxylic acids is 1. The molecule has 1 aromatic carbocycles.